The fourth-order valence-corrected chi connectivity index (χ4v) is 1.76. The number of carbonyl (C=O) groups excluding carboxylic acids is 1. The fourth-order valence-electron chi connectivity index (χ4n) is 1.76. The van der Waals surface area contributed by atoms with Gasteiger partial charge in [-0.05, 0) is 18.1 Å². The third-order valence-corrected chi connectivity index (χ3v) is 2.78. The fraction of sp³-hybridized carbons (Fsp3) is 0.462. The summed E-state index contributed by atoms with van der Waals surface area (Å²) in [7, 11) is 0. The van der Waals surface area contributed by atoms with Gasteiger partial charge in [0.2, 0.25) is 0 Å². The third-order valence-electron chi connectivity index (χ3n) is 2.78. The van der Waals surface area contributed by atoms with Crippen molar-refractivity contribution in [1.82, 2.24) is 0 Å². The van der Waals surface area contributed by atoms with Crippen LogP contribution in [0.5, 0.6) is 11.5 Å². The molecule has 1 fully saturated rings. The Kier molecular flexibility index (Phi) is 4.83. The second-order valence-corrected chi connectivity index (χ2v) is 4.25. The molecule has 2 N–H and O–H groups in total. The van der Waals surface area contributed by atoms with Crippen LogP contribution >= 0.6 is 0 Å². The molecule has 0 heterocycles. The Morgan fingerprint density at radius 2 is 1.88 bits per heavy atom. The van der Waals surface area contributed by atoms with Gasteiger partial charge in [0.25, 0.3) is 0 Å². The molecule has 0 atom stereocenters. The van der Waals surface area contributed by atoms with Gasteiger partial charge in [0.05, 0.1) is 5.56 Å². The van der Waals surface area contributed by atoms with Crippen molar-refractivity contribution in [3.63, 3.8) is 0 Å². The Hall–Kier alpha value is -1.51. The largest absolute Gasteiger partial charge is 0.508 e. The smallest absolute Gasteiger partial charge is 0.153 e. The number of rotatable bonds is 1. The molecule has 0 radical (unpaired) electrons. The van der Waals surface area contributed by atoms with Crippen molar-refractivity contribution in [1.29, 1.82) is 0 Å². The van der Waals surface area contributed by atoms with E-state index in [1.54, 1.807) is 0 Å². The number of aldehydes is 1. The van der Waals surface area contributed by atoms with Crippen molar-refractivity contribution >= 4 is 6.29 Å². The standard InChI is InChI=1S/C7H6O3.C6H12/c8-4-5-1-2-6(9)3-7(5)10;1-6-4-2-3-5-6/h1-4,9-10H;6H,2-5H2,1H3. The molecule has 3 nitrogen and oxygen atoms in total. The molecule has 1 aliphatic rings. The minimum absolute atomic E-state index is 0.0527. The van der Waals surface area contributed by atoms with Crippen molar-refractivity contribution in [2.45, 2.75) is 32.6 Å². The lowest BCUT2D eigenvalue weighted by atomic mass is 10.2. The first-order chi connectivity index (χ1) is 7.63. The highest BCUT2D eigenvalue weighted by Gasteiger charge is 2.07. The van der Waals surface area contributed by atoms with Gasteiger partial charge < -0.3 is 10.2 Å². The van der Waals surface area contributed by atoms with E-state index in [1.807, 2.05) is 0 Å². The van der Waals surface area contributed by atoms with E-state index < -0.39 is 0 Å². The Morgan fingerprint density at radius 3 is 2.25 bits per heavy atom. The average molecular weight is 222 g/mol. The first-order valence-electron chi connectivity index (χ1n) is 5.60. The van der Waals surface area contributed by atoms with Gasteiger partial charge in [0.1, 0.15) is 11.5 Å². The average Bonchev–Trinajstić information content (AvgIpc) is 2.70. The molecule has 0 bridgehead atoms. The van der Waals surface area contributed by atoms with Gasteiger partial charge in [0, 0.05) is 6.07 Å². The molecule has 3 heteroatoms. The highest BCUT2D eigenvalue weighted by atomic mass is 16.3. The number of hydrogen-bond donors (Lipinski definition) is 2. The number of hydrogen-bond acceptors (Lipinski definition) is 3. The Balaban J connectivity index is 0.000000181. The lowest BCUT2D eigenvalue weighted by Crippen LogP contribution is -1.78. The zero-order valence-corrected chi connectivity index (χ0v) is 9.52. The molecule has 0 saturated heterocycles. The molecule has 0 spiro atoms. The van der Waals surface area contributed by atoms with Gasteiger partial charge in [-0.15, -0.1) is 0 Å². The zero-order chi connectivity index (χ0) is 12.0. The van der Waals surface area contributed by atoms with E-state index >= 15 is 0 Å². The quantitative estimate of drug-likeness (QED) is 0.718. The van der Waals surface area contributed by atoms with Crippen LogP contribution in [0.25, 0.3) is 0 Å². The highest BCUT2D eigenvalue weighted by molar-refractivity contribution is 5.79. The zero-order valence-electron chi connectivity index (χ0n) is 9.52. The topological polar surface area (TPSA) is 57.5 Å². The molecule has 0 unspecified atom stereocenters. The number of phenolic OH excluding ortho intramolecular Hbond substituents is 2. The number of aromatic hydroxyl groups is 2. The monoisotopic (exact) mass is 222 g/mol. The molecule has 1 aliphatic carbocycles. The lowest BCUT2D eigenvalue weighted by Gasteiger charge is -1.95. The van der Waals surface area contributed by atoms with E-state index in [0.29, 0.717) is 6.29 Å². The Bertz CT molecular complexity index is 341. The van der Waals surface area contributed by atoms with Crippen LogP contribution in [0.2, 0.25) is 0 Å². The van der Waals surface area contributed by atoms with Gasteiger partial charge in [-0.25, -0.2) is 0 Å². The summed E-state index contributed by atoms with van der Waals surface area (Å²) in [5.74, 6) is 0.795. The molecule has 1 aromatic rings. The van der Waals surface area contributed by atoms with E-state index in [0.717, 1.165) is 12.0 Å². The SMILES string of the molecule is CC1CCCC1.O=Cc1ccc(O)cc1O. The second kappa shape index (κ2) is 6.16. The van der Waals surface area contributed by atoms with Crippen LogP contribution in [-0.2, 0) is 0 Å². The predicted molar refractivity (Wildman–Crippen MR) is 62.8 cm³/mol. The van der Waals surface area contributed by atoms with E-state index in [9.17, 15) is 4.79 Å². The van der Waals surface area contributed by atoms with Gasteiger partial charge in [-0.3, -0.25) is 4.79 Å². The highest BCUT2D eigenvalue weighted by Crippen LogP contribution is 2.23. The van der Waals surface area contributed by atoms with E-state index in [-0.39, 0.29) is 17.1 Å². The van der Waals surface area contributed by atoms with Crippen molar-refractivity contribution in [2.75, 3.05) is 0 Å². The molecule has 0 amide bonds. The summed E-state index contributed by atoms with van der Waals surface area (Å²) >= 11 is 0. The molecular weight excluding hydrogens is 204 g/mol. The predicted octanol–water partition coefficient (Wildman–Crippen LogP) is 3.11. The summed E-state index contributed by atoms with van der Waals surface area (Å²) in [6.07, 6.45) is 6.47. The van der Waals surface area contributed by atoms with Crippen LogP contribution in [0, 0.1) is 5.92 Å². The van der Waals surface area contributed by atoms with E-state index in [4.69, 9.17) is 10.2 Å². The van der Waals surface area contributed by atoms with Crippen molar-refractivity contribution in [2.24, 2.45) is 5.92 Å². The number of benzene rings is 1. The molecular formula is C13H18O3. The van der Waals surface area contributed by atoms with Gasteiger partial charge in [-0.2, -0.15) is 0 Å². The van der Waals surface area contributed by atoms with Crippen molar-refractivity contribution in [3.05, 3.63) is 23.8 Å². The lowest BCUT2D eigenvalue weighted by molar-refractivity contribution is 0.112. The van der Waals surface area contributed by atoms with Crippen molar-refractivity contribution in [3.8, 4) is 11.5 Å². The minimum Gasteiger partial charge on any atom is -0.508 e. The molecule has 88 valence electrons. The first-order valence-corrected chi connectivity index (χ1v) is 5.60. The van der Waals surface area contributed by atoms with E-state index in [2.05, 4.69) is 6.92 Å². The molecule has 0 aliphatic heterocycles. The molecule has 1 saturated carbocycles. The summed E-state index contributed by atoms with van der Waals surface area (Å²) in [6, 6.07) is 3.80. The van der Waals surface area contributed by atoms with Gasteiger partial charge in [0.15, 0.2) is 6.29 Å². The summed E-state index contributed by atoms with van der Waals surface area (Å²) in [5.41, 5.74) is 0.179. The van der Waals surface area contributed by atoms with Gasteiger partial charge >= 0.3 is 0 Å². The summed E-state index contributed by atoms with van der Waals surface area (Å²) in [5, 5.41) is 17.7. The van der Waals surface area contributed by atoms with Crippen molar-refractivity contribution < 1.29 is 15.0 Å². The van der Waals surface area contributed by atoms with Crippen LogP contribution in [0.3, 0.4) is 0 Å². The molecule has 16 heavy (non-hydrogen) atoms. The minimum atomic E-state index is -0.199. The van der Waals surface area contributed by atoms with Crippen LogP contribution < -0.4 is 0 Å². The van der Waals surface area contributed by atoms with E-state index in [1.165, 1.54) is 37.8 Å². The Labute approximate surface area is 95.7 Å². The number of phenols is 2. The molecule has 1 aromatic carbocycles. The summed E-state index contributed by atoms with van der Waals surface area (Å²) in [6.45, 7) is 2.34. The summed E-state index contributed by atoms with van der Waals surface area (Å²) in [4.78, 5) is 10.1. The van der Waals surface area contributed by atoms with Crippen LogP contribution in [0.15, 0.2) is 18.2 Å². The molecule has 2 rings (SSSR count). The van der Waals surface area contributed by atoms with Crippen LogP contribution in [0.1, 0.15) is 43.0 Å². The molecule has 0 aromatic heterocycles. The maximum absolute atomic E-state index is 10.1. The second-order valence-electron chi connectivity index (χ2n) is 4.25. The summed E-state index contributed by atoms with van der Waals surface area (Å²) < 4.78 is 0. The van der Waals surface area contributed by atoms with Gasteiger partial charge in [-0.1, -0.05) is 32.6 Å². The maximum Gasteiger partial charge on any atom is 0.153 e. The van der Waals surface area contributed by atoms with Crippen LogP contribution in [0.4, 0.5) is 0 Å². The maximum atomic E-state index is 10.1. The number of carbonyl (C=O) groups is 1. The first kappa shape index (κ1) is 12.6. The normalized spacial score (nSPS) is 15.3. The Morgan fingerprint density at radius 1 is 1.25 bits per heavy atom. The third kappa shape index (κ3) is 3.93. The van der Waals surface area contributed by atoms with Crippen LogP contribution in [-0.4, -0.2) is 16.5 Å².